The summed E-state index contributed by atoms with van der Waals surface area (Å²) >= 11 is 0. The van der Waals surface area contributed by atoms with E-state index in [-0.39, 0.29) is 35.7 Å². The number of hydrogen-bond donors (Lipinski definition) is 1. The summed E-state index contributed by atoms with van der Waals surface area (Å²) in [7, 11) is 5.26. The van der Waals surface area contributed by atoms with Crippen LogP contribution in [-0.2, 0) is 6.54 Å². The zero-order valence-electron chi connectivity index (χ0n) is 17.6. The number of benzene rings is 2. The molecule has 1 heterocycles. The molecule has 30 heavy (non-hydrogen) atoms. The van der Waals surface area contributed by atoms with E-state index in [1.165, 1.54) is 6.07 Å². The highest BCUT2D eigenvalue weighted by molar-refractivity contribution is 14.0. The molecule has 8 heteroatoms. The summed E-state index contributed by atoms with van der Waals surface area (Å²) in [5.74, 6) is 0.638. The summed E-state index contributed by atoms with van der Waals surface area (Å²) in [5.41, 5.74) is 2.40. The van der Waals surface area contributed by atoms with Crippen molar-refractivity contribution < 1.29 is 9.18 Å². The Morgan fingerprint density at radius 3 is 2.27 bits per heavy atom. The van der Waals surface area contributed by atoms with Gasteiger partial charge in [0.1, 0.15) is 5.82 Å². The van der Waals surface area contributed by atoms with E-state index in [0.717, 1.165) is 37.7 Å². The monoisotopic (exact) mass is 525 g/mol. The molecule has 0 atom stereocenters. The third kappa shape index (κ3) is 5.84. The zero-order chi connectivity index (χ0) is 20.8. The van der Waals surface area contributed by atoms with Crippen LogP contribution in [0.3, 0.4) is 0 Å². The summed E-state index contributed by atoms with van der Waals surface area (Å²) in [6, 6.07) is 14.5. The molecule has 0 radical (unpaired) electrons. The summed E-state index contributed by atoms with van der Waals surface area (Å²) in [4.78, 5) is 22.2. The van der Waals surface area contributed by atoms with Gasteiger partial charge in [-0.2, -0.15) is 0 Å². The Hall–Kier alpha value is -2.36. The van der Waals surface area contributed by atoms with E-state index in [9.17, 15) is 9.18 Å². The smallest absolute Gasteiger partial charge is 0.253 e. The Balaban J connectivity index is 0.00000320. The van der Waals surface area contributed by atoms with Crippen LogP contribution in [0, 0.1) is 5.82 Å². The molecule has 0 bridgehead atoms. The lowest BCUT2D eigenvalue weighted by atomic mass is 10.1. The Kier molecular flexibility index (Phi) is 8.88. The number of anilines is 1. The lowest BCUT2D eigenvalue weighted by Crippen LogP contribution is -2.52. The normalized spacial score (nSPS) is 14.2. The topological polar surface area (TPSA) is 51.2 Å². The fourth-order valence-corrected chi connectivity index (χ4v) is 3.40. The minimum absolute atomic E-state index is 0. The summed E-state index contributed by atoms with van der Waals surface area (Å²) < 4.78 is 14.0. The van der Waals surface area contributed by atoms with Crippen LogP contribution in [0.15, 0.2) is 53.5 Å². The van der Waals surface area contributed by atoms with Gasteiger partial charge in [-0.25, -0.2) is 4.39 Å². The highest BCUT2D eigenvalue weighted by Gasteiger charge is 2.21. The average Bonchev–Trinajstić information content (AvgIpc) is 2.75. The van der Waals surface area contributed by atoms with Crippen molar-refractivity contribution in [3.63, 3.8) is 0 Å². The van der Waals surface area contributed by atoms with Crippen molar-refractivity contribution in [1.82, 2.24) is 15.1 Å². The minimum Gasteiger partial charge on any atom is -0.366 e. The van der Waals surface area contributed by atoms with Crippen LogP contribution in [0.1, 0.15) is 15.9 Å². The number of carbonyl (C=O) groups is 1. The first-order valence-corrected chi connectivity index (χ1v) is 9.75. The third-order valence-corrected chi connectivity index (χ3v) is 5.04. The number of para-hydroxylation sites is 1. The Bertz CT molecular complexity index is 864. The first kappa shape index (κ1) is 23.9. The number of nitrogens with one attached hydrogen (secondary N) is 1. The lowest BCUT2D eigenvalue weighted by molar-refractivity contribution is 0.0827. The molecule has 0 spiro atoms. The van der Waals surface area contributed by atoms with Crippen molar-refractivity contribution in [2.45, 2.75) is 6.54 Å². The van der Waals surface area contributed by atoms with Gasteiger partial charge in [0, 0.05) is 59.4 Å². The maximum atomic E-state index is 14.0. The molecule has 3 rings (SSSR count). The van der Waals surface area contributed by atoms with Crippen LogP contribution < -0.4 is 10.2 Å². The predicted molar refractivity (Wildman–Crippen MR) is 130 cm³/mol. The van der Waals surface area contributed by atoms with E-state index in [0.29, 0.717) is 17.8 Å². The van der Waals surface area contributed by atoms with E-state index < -0.39 is 0 Å². The number of hydrogen-bond acceptors (Lipinski definition) is 3. The van der Waals surface area contributed by atoms with Gasteiger partial charge in [-0.1, -0.05) is 24.3 Å². The molecule has 1 amide bonds. The van der Waals surface area contributed by atoms with E-state index >= 15 is 0 Å². The molecule has 1 N–H and O–H groups in total. The molecule has 1 aliphatic rings. The number of piperazine rings is 1. The first-order valence-electron chi connectivity index (χ1n) is 9.75. The summed E-state index contributed by atoms with van der Waals surface area (Å²) in [6.45, 7) is 3.64. The highest BCUT2D eigenvalue weighted by atomic mass is 127. The van der Waals surface area contributed by atoms with Crippen LogP contribution in [-0.4, -0.2) is 69.0 Å². The van der Waals surface area contributed by atoms with Crippen molar-refractivity contribution in [2.75, 3.05) is 52.2 Å². The summed E-state index contributed by atoms with van der Waals surface area (Å²) in [6.07, 6.45) is 0. The van der Waals surface area contributed by atoms with Crippen LogP contribution in [0.5, 0.6) is 0 Å². The van der Waals surface area contributed by atoms with Crippen LogP contribution in [0.25, 0.3) is 0 Å². The molecule has 1 fully saturated rings. The summed E-state index contributed by atoms with van der Waals surface area (Å²) in [5, 5.41) is 3.38. The van der Waals surface area contributed by atoms with Gasteiger partial charge in [0.15, 0.2) is 5.96 Å². The number of guanidine groups is 1. The molecule has 162 valence electrons. The Labute approximate surface area is 194 Å². The molecule has 1 aliphatic heterocycles. The second kappa shape index (κ2) is 11.1. The maximum Gasteiger partial charge on any atom is 0.253 e. The molecule has 0 aromatic heterocycles. The van der Waals surface area contributed by atoms with Crippen molar-refractivity contribution in [1.29, 1.82) is 0 Å². The van der Waals surface area contributed by atoms with Gasteiger partial charge in [0.2, 0.25) is 0 Å². The molecule has 0 unspecified atom stereocenters. The van der Waals surface area contributed by atoms with Gasteiger partial charge in [-0.15, -0.1) is 24.0 Å². The van der Waals surface area contributed by atoms with Crippen molar-refractivity contribution in [3.05, 3.63) is 65.5 Å². The second-order valence-electron chi connectivity index (χ2n) is 7.22. The number of amides is 1. The number of carbonyl (C=O) groups excluding carboxylic acids is 1. The molecule has 2 aromatic carbocycles. The van der Waals surface area contributed by atoms with Gasteiger partial charge in [-0.05, 0) is 29.8 Å². The molecule has 0 aliphatic carbocycles. The van der Waals surface area contributed by atoms with E-state index in [1.807, 2.05) is 36.4 Å². The van der Waals surface area contributed by atoms with Crippen LogP contribution >= 0.6 is 24.0 Å². The van der Waals surface area contributed by atoms with Gasteiger partial charge < -0.3 is 20.0 Å². The average molecular weight is 525 g/mol. The quantitative estimate of drug-likeness (QED) is 0.379. The van der Waals surface area contributed by atoms with Crippen LogP contribution in [0.2, 0.25) is 0 Å². The number of rotatable bonds is 4. The predicted octanol–water partition coefficient (Wildman–Crippen LogP) is 3.04. The maximum absolute atomic E-state index is 14.0. The Morgan fingerprint density at radius 2 is 1.70 bits per heavy atom. The van der Waals surface area contributed by atoms with Gasteiger partial charge in [-0.3, -0.25) is 9.79 Å². The molecule has 6 nitrogen and oxygen atoms in total. The zero-order valence-corrected chi connectivity index (χ0v) is 20.0. The molecule has 1 saturated heterocycles. The first-order chi connectivity index (χ1) is 14.0. The standard InChI is InChI=1S/C22H28FN5O.HI/c1-24-22(25-16-17-8-10-18(11-9-17)21(29)26(2)3)28-14-12-27(13-15-28)20-7-5-4-6-19(20)23;/h4-11H,12-16H2,1-3H3,(H,24,25);1H. The molecule has 2 aromatic rings. The number of aliphatic imine (C=N–C) groups is 1. The second-order valence-corrected chi connectivity index (χ2v) is 7.22. The van der Waals surface area contributed by atoms with E-state index in [2.05, 4.69) is 20.1 Å². The van der Waals surface area contributed by atoms with Gasteiger partial charge in [0.25, 0.3) is 5.91 Å². The van der Waals surface area contributed by atoms with E-state index in [1.54, 1.807) is 32.1 Å². The fraction of sp³-hybridized carbons (Fsp3) is 0.364. The van der Waals surface area contributed by atoms with Crippen molar-refractivity contribution in [2.24, 2.45) is 4.99 Å². The lowest BCUT2D eigenvalue weighted by Gasteiger charge is -2.37. The van der Waals surface area contributed by atoms with Crippen molar-refractivity contribution >= 4 is 41.5 Å². The van der Waals surface area contributed by atoms with Crippen molar-refractivity contribution in [3.8, 4) is 0 Å². The molecule has 0 saturated carbocycles. The van der Waals surface area contributed by atoms with Gasteiger partial charge in [0.05, 0.1) is 5.69 Å². The number of halogens is 2. The van der Waals surface area contributed by atoms with E-state index in [4.69, 9.17) is 0 Å². The highest BCUT2D eigenvalue weighted by Crippen LogP contribution is 2.20. The SMILES string of the molecule is CN=C(NCc1ccc(C(=O)N(C)C)cc1)N1CCN(c2ccccc2F)CC1.I. The molecular weight excluding hydrogens is 496 g/mol. The largest absolute Gasteiger partial charge is 0.366 e. The number of nitrogens with zero attached hydrogens (tertiary/aromatic N) is 4. The third-order valence-electron chi connectivity index (χ3n) is 5.04. The molecular formula is C22H29FIN5O. The minimum atomic E-state index is -0.181. The van der Waals surface area contributed by atoms with Gasteiger partial charge >= 0.3 is 0 Å². The van der Waals surface area contributed by atoms with Crippen LogP contribution in [0.4, 0.5) is 10.1 Å². The fourth-order valence-electron chi connectivity index (χ4n) is 3.40. The Morgan fingerprint density at radius 1 is 1.07 bits per heavy atom.